The zero-order valence-corrected chi connectivity index (χ0v) is 16.0. The normalized spacial score (nSPS) is 16.8. The molecule has 0 spiro atoms. The van der Waals surface area contributed by atoms with Crippen LogP contribution in [0.5, 0.6) is 0 Å². The fourth-order valence-corrected chi connectivity index (χ4v) is 3.89. The average Bonchev–Trinajstić information content (AvgIpc) is 3.26. The van der Waals surface area contributed by atoms with Crippen LogP contribution in [-0.4, -0.2) is 53.4 Å². The summed E-state index contributed by atoms with van der Waals surface area (Å²) >= 11 is 1.58. The summed E-state index contributed by atoms with van der Waals surface area (Å²) in [6, 6.07) is 9.88. The van der Waals surface area contributed by atoms with Gasteiger partial charge in [-0.25, -0.2) is 9.78 Å². The number of aromatic nitrogens is 1. The first-order valence-corrected chi connectivity index (χ1v) is 9.71. The van der Waals surface area contributed by atoms with Crippen molar-refractivity contribution in [1.29, 1.82) is 0 Å². The number of nitrogens with one attached hydrogen (secondary N) is 1. The first kappa shape index (κ1) is 18.4. The smallest absolute Gasteiger partial charge is 0.317 e. The van der Waals surface area contributed by atoms with Gasteiger partial charge in [-0.1, -0.05) is 30.3 Å². The lowest BCUT2D eigenvalue weighted by molar-refractivity contribution is -0.127. The molecule has 138 valence electrons. The Hall–Kier alpha value is -2.41. The maximum atomic E-state index is 12.3. The highest BCUT2D eigenvalue weighted by atomic mass is 32.1. The van der Waals surface area contributed by atoms with Gasteiger partial charge in [0.05, 0.1) is 12.2 Å². The van der Waals surface area contributed by atoms with Crippen molar-refractivity contribution >= 4 is 23.3 Å². The Morgan fingerprint density at radius 3 is 2.85 bits per heavy atom. The number of benzene rings is 1. The Balaban J connectivity index is 1.49. The molecule has 1 aromatic heterocycles. The number of urea groups is 1. The van der Waals surface area contributed by atoms with Crippen LogP contribution in [0.3, 0.4) is 0 Å². The van der Waals surface area contributed by atoms with E-state index in [1.54, 1.807) is 23.3 Å². The second kappa shape index (κ2) is 8.31. The Morgan fingerprint density at radius 2 is 2.15 bits per heavy atom. The van der Waals surface area contributed by atoms with Crippen molar-refractivity contribution < 1.29 is 9.59 Å². The molecule has 3 rings (SSSR count). The quantitative estimate of drug-likeness (QED) is 0.848. The summed E-state index contributed by atoms with van der Waals surface area (Å²) in [6.07, 6.45) is 0.518. The lowest BCUT2D eigenvalue weighted by Gasteiger charge is -2.19. The first-order chi connectivity index (χ1) is 12.6. The van der Waals surface area contributed by atoms with Gasteiger partial charge in [0.25, 0.3) is 0 Å². The van der Waals surface area contributed by atoms with Crippen LogP contribution in [0.1, 0.15) is 19.0 Å². The lowest BCUT2D eigenvalue weighted by atomic mass is 10.1. The minimum Gasteiger partial charge on any atom is -0.343 e. The molecule has 3 amide bonds. The Kier molecular flexibility index (Phi) is 5.88. The monoisotopic (exact) mass is 372 g/mol. The van der Waals surface area contributed by atoms with Gasteiger partial charge in [0, 0.05) is 50.0 Å². The van der Waals surface area contributed by atoms with Gasteiger partial charge in [-0.3, -0.25) is 4.79 Å². The van der Waals surface area contributed by atoms with Gasteiger partial charge in [0.15, 0.2) is 0 Å². The average molecular weight is 372 g/mol. The van der Waals surface area contributed by atoms with Crippen molar-refractivity contribution in [2.45, 2.75) is 19.9 Å². The fourth-order valence-electron chi connectivity index (χ4n) is 3.07. The van der Waals surface area contributed by atoms with Crippen LogP contribution in [0.4, 0.5) is 4.79 Å². The number of rotatable bonds is 6. The van der Waals surface area contributed by atoms with E-state index < -0.39 is 0 Å². The van der Waals surface area contributed by atoms with Crippen LogP contribution in [0.25, 0.3) is 10.6 Å². The molecule has 2 heterocycles. The Bertz CT molecular complexity index is 762. The van der Waals surface area contributed by atoms with Gasteiger partial charge in [0.1, 0.15) is 5.01 Å². The van der Waals surface area contributed by atoms with E-state index in [1.165, 1.54) is 0 Å². The lowest BCUT2D eigenvalue weighted by Crippen LogP contribution is -2.39. The largest absolute Gasteiger partial charge is 0.343 e. The number of hydrogen-bond donors (Lipinski definition) is 1. The summed E-state index contributed by atoms with van der Waals surface area (Å²) in [4.78, 5) is 32.1. The van der Waals surface area contributed by atoms with Crippen molar-refractivity contribution in [3.63, 3.8) is 0 Å². The molecule has 0 saturated carbocycles. The molecular formula is C19H24N4O2S. The van der Waals surface area contributed by atoms with E-state index in [0.29, 0.717) is 19.5 Å². The second-order valence-corrected chi connectivity index (χ2v) is 7.41. The summed E-state index contributed by atoms with van der Waals surface area (Å²) < 4.78 is 0. The van der Waals surface area contributed by atoms with E-state index >= 15 is 0 Å². The Morgan fingerprint density at radius 1 is 1.38 bits per heavy atom. The van der Waals surface area contributed by atoms with Gasteiger partial charge in [-0.05, 0) is 6.92 Å². The van der Waals surface area contributed by atoms with Crippen LogP contribution in [-0.2, 0) is 11.3 Å². The van der Waals surface area contributed by atoms with Crippen molar-refractivity contribution in [3.8, 4) is 10.6 Å². The molecule has 2 aromatic rings. The maximum absolute atomic E-state index is 12.3. The molecular weight excluding hydrogens is 348 g/mol. The number of hydrogen-bond acceptors (Lipinski definition) is 4. The SMILES string of the molecule is CCN1CC(CNC(=O)N(C)Cc2csc(-c3ccccc3)n2)CC1=O. The molecule has 7 heteroatoms. The summed E-state index contributed by atoms with van der Waals surface area (Å²) in [5.74, 6) is 0.375. The van der Waals surface area contributed by atoms with Crippen molar-refractivity contribution in [3.05, 3.63) is 41.4 Å². The molecule has 26 heavy (non-hydrogen) atoms. The number of amides is 3. The van der Waals surface area contributed by atoms with Crippen LogP contribution >= 0.6 is 11.3 Å². The minimum absolute atomic E-state index is 0.137. The van der Waals surface area contributed by atoms with E-state index in [0.717, 1.165) is 29.4 Å². The predicted octanol–water partition coefficient (Wildman–Crippen LogP) is 2.82. The summed E-state index contributed by atoms with van der Waals surface area (Å²) in [5.41, 5.74) is 1.96. The van der Waals surface area contributed by atoms with Gasteiger partial charge in [-0.15, -0.1) is 11.3 Å². The molecule has 6 nitrogen and oxygen atoms in total. The van der Waals surface area contributed by atoms with Gasteiger partial charge in [0.2, 0.25) is 5.91 Å². The zero-order chi connectivity index (χ0) is 18.5. The van der Waals surface area contributed by atoms with Crippen molar-refractivity contribution in [2.24, 2.45) is 5.92 Å². The van der Waals surface area contributed by atoms with E-state index in [2.05, 4.69) is 10.3 Å². The van der Waals surface area contributed by atoms with Gasteiger partial charge < -0.3 is 15.1 Å². The van der Waals surface area contributed by atoms with Crippen LogP contribution < -0.4 is 5.32 Å². The third-order valence-electron chi connectivity index (χ3n) is 4.54. The molecule has 1 aliphatic rings. The molecule has 1 aromatic carbocycles. The molecule has 0 bridgehead atoms. The molecule has 1 fully saturated rings. The highest BCUT2D eigenvalue weighted by Crippen LogP contribution is 2.23. The summed E-state index contributed by atoms with van der Waals surface area (Å²) in [5, 5.41) is 5.88. The first-order valence-electron chi connectivity index (χ1n) is 8.83. The van der Waals surface area contributed by atoms with E-state index in [4.69, 9.17) is 0 Å². The molecule has 0 radical (unpaired) electrons. The number of likely N-dealkylation sites (tertiary alicyclic amines) is 1. The van der Waals surface area contributed by atoms with Crippen LogP contribution in [0.15, 0.2) is 35.7 Å². The highest BCUT2D eigenvalue weighted by molar-refractivity contribution is 7.13. The topological polar surface area (TPSA) is 65.5 Å². The van der Waals surface area contributed by atoms with Crippen LogP contribution in [0, 0.1) is 5.92 Å². The molecule has 1 saturated heterocycles. The molecule has 1 atom stereocenters. The predicted molar refractivity (Wildman–Crippen MR) is 103 cm³/mol. The van der Waals surface area contributed by atoms with Crippen molar-refractivity contribution in [2.75, 3.05) is 26.7 Å². The highest BCUT2D eigenvalue weighted by Gasteiger charge is 2.28. The fraction of sp³-hybridized carbons (Fsp3) is 0.421. The van der Waals surface area contributed by atoms with E-state index in [9.17, 15) is 9.59 Å². The molecule has 1 N–H and O–H groups in total. The van der Waals surface area contributed by atoms with E-state index in [1.807, 2.05) is 47.5 Å². The molecule has 1 aliphatic heterocycles. The number of carbonyl (C=O) groups is 2. The van der Waals surface area contributed by atoms with Gasteiger partial charge in [-0.2, -0.15) is 0 Å². The standard InChI is InChI=1S/C19H24N4O2S/c1-3-23-11-14(9-17(23)24)10-20-19(25)22(2)12-16-13-26-18(21-16)15-7-5-4-6-8-15/h4-8,13-14H,3,9-12H2,1-2H3,(H,20,25). The maximum Gasteiger partial charge on any atom is 0.317 e. The second-order valence-electron chi connectivity index (χ2n) is 6.55. The third kappa shape index (κ3) is 4.40. The number of nitrogens with zero attached hydrogens (tertiary/aromatic N) is 3. The number of thiazole rings is 1. The molecule has 0 aliphatic carbocycles. The van der Waals surface area contributed by atoms with Crippen molar-refractivity contribution in [1.82, 2.24) is 20.1 Å². The zero-order valence-electron chi connectivity index (χ0n) is 15.1. The number of carbonyl (C=O) groups excluding carboxylic acids is 2. The summed E-state index contributed by atoms with van der Waals surface area (Å²) in [6.45, 7) is 4.42. The van der Waals surface area contributed by atoms with Crippen LogP contribution in [0.2, 0.25) is 0 Å². The molecule has 1 unspecified atom stereocenters. The van der Waals surface area contributed by atoms with E-state index in [-0.39, 0.29) is 17.9 Å². The minimum atomic E-state index is -0.137. The summed E-state index contributed by atoms with van der Waals surface area (Å²) in [7, 11) is 1.76. The van der Waals surface area contributed by atoms with Gasteiger partial charge >= 0.3 is 6.03 Å². The Labute approximate surface area is 157 Å². The third-order valence-corrected chi connectivity index (χ3v) is 5.48.